The van der Waals surface area contributed by atoms with Crippen molar-refractivity contribution in [1.82, 2.24) is 15.2 Å². The summed E-state index contributed by atoms with van der Waals surface area (Å²) in [6.07, 6.45) is 9.29. The zero-order valence-electron chi connectivity index (χ0n) is 15.7. The van der Waals surface area contributed by atoms with Gasteiger partial charge in [0.1, 0.15) is 5.82 Å². The van der Waals surface area contributed by atoms with E-state index in [1.807, 2.05) is 12.3 Å². The molecule has 1 N–H and O–H groups in total. The van der Waals surface area contributed by atoms with E-state index in [-0.39, 0.29) is 11.8 Å². The molecule has 0 aromatic carbocycles. The topological polar surface area (TPSA) is 48.5 Å². The molecule has 1 aromatic heterocycles. The lowest BCUT2D eigenvalue weighted by Gasteiger charge is -2.33. The van der Waals surface area contributed by atoms with Gasteiger partial charge < -0.3 is 15.1 Å². The second kappa shape index (κ2) is 8.65. The first kappa shape index (κ1) is 18.2. The van der Waals surface area contributed by atoms with Crippen LogP contribution in [0.2, 0.25) is 0 Å². The molecule has 138 valence electrons. The summed E-state index contributed by atoms with van der Waals surface area (Å²) >= 11 is 0. The normalized spacial score (nSPS) is 22.1. The molecule has 1 unspecified atom stereocenters. The molecule has 1 saturated heterocycles. The van der Waals surface area contributed by atoms with Crippen molar-refractivity contribution in [3.63, 3.8) is 0 Å². The lowest BCUT2D eigenvalue weighted by molar-refractivity contribution is -0.124. The maximum Gasteiger partial charge on any atom is 0.224 e. The summed E-state index contributed by atoms with van der Waals surface area (Å²) in [5, 5.41) is 3.15. The van der Waals surface area contributed by atoms with Crippen LogP contribution in [0.5, 0.6) is 0 Å². The van der Waals surface area contributed by atoms with Gasteiger partial charge in [-0.05, 0) is 38.4 Å². The van der Waals surface area contributed by atoms with Gasteiger partial charge in [-0.25, -0.2) is 4.98 Å². The summed E-state index contributed by atoms with van der Waals surface area (Å²) < 4.78 is 0. The average molecular weight is 345 g/mol. The van der Waals surface area contributed by atoms with E-state index < -0.39 is 0 Å². The van der Waals surface area contributed by atoms with E-state index in [4.69, 9.17) is 0 Å². The van der Waals surface area contributed by atoms with Crippen molar-refractivity contribution in [3.05, 3.63) is 23.9 Å². The van der Waals surface area contributed by atoms with Gasteiger partial charge in [0.05, 0.1) is 5.92 Å². The van der Waals surface area contributed by atoms with Crippen LogP contribution >= 0.6 is 0 Å². The molecule has 0 bridgehead atoms. The molecule has 1 amide bonds. The molecule has 5 heteroatoms. The molecule has 1 aliphatic heterocycles. The third-order valence-corrected chi connectivity index (χ3v) is 5.87. The van der Waals surface area contributed by atoms with E-state index in [2.05, 4.69) is 40.1 Å². The van der Waals surface area contributed by atoms with Crippen molar-refractivity contribution >= 4 is 11.7 Å². The van der Waals surface area contributed by atoms with Crippen molar-refractivity contribution in [3.8, 4) is 0 Å². The van der Waals surface area contributed by atoms with Crippen molar-refractivity contribution < 1.29 is 4.79 Å². The molecule has 1 atom stereocenters. The quantitative estimate of drug-likeness (QED) is 0.862. The Hall–Kier alpha value is -1.62. The highest BCUT2D eigenvalue weighted by Gasteiger charge is 2.27. The number of hydrogen-bond donors (Lipinski definition) is 1. The fourth-order valence-corrected chi connectivity index (χ4v) is 4.19. The van der Waals surface area contributed by atoms with Crippen LogP contribution in [0.25, 0.3) is 0 Å². The minimum Gasteiger partial charge on any atom is -0.356 e. The number of carbonyl (C=O) groups is 1. The molecule has 2 heterocycles. The van der Waals surface area contributed by atoms with Crippen LogP contribution in [-0.2, 0) is 11.3 Å². The molecule has 1 aromatic rings. The third kappa shape index (κ3) is 4.51. The highest BCUT2D eigenvalue weighted by Crippen LogP contribution is 2.27. The standard InChI is InChI=1S/C20H32N4O/c1-3-24-13-11-17(15-24)20(25)22-14-16-8-7-12-21-19(16)23(2)18-9-5-4-6-10-18/h7-8,12,17-18H,3-6,9-11,13-15H2,1-2H3,(H,22,25). The van der Waals surface area contributed by atoms with E-state index in [0.717, 1.165) is 37.4 Å². The largest absolute Gasteiger partial charge is 0.356 e. The van der Waals surface area contributed by atoms with Gasteiger partial charge in [0.15, 0.2) is 0 Å². The first-order valence-corrected chi connectivity index (χ1v) is 9.85. The smallest absolute Gasteiger partial charge is 0.224 e. The van der Waals surface area contributed by atoms with Crippen molar-refractivity contribution in [1.29, 1.82) is 0 Å². The van der Waals surface area contributed by atoms with Crippen LogP contribution in [0.3, 0.4) is 0 Å². The van der Waals surface area contributed by atoms with Crippen LogP contribution < -0.4 is 10.2 Å². The predicted octanol–water partition coefficient (Wildman–Crippen LogP) is 2.81. The molecule has 0 radical (unpaired) electrons. The Balaban J connectivity index is 1.60. The summed E-state index contributed by atoms with van der Waals surface area (Å²) in [4.78, 5) is 21.8. The summed E-state index contributed by atoms with van der Waals surface area (Å²) in [5.74, 6) is 1.35. The maximum atomic E-state index is 12.5. The molecule has 2 aliphatic rings. The molecule has 1 aliphatic carbocycles. The fraction of sp³-hybridized carbons (Fsp3) is 0.700. The number of hydrogen-bond acceptors (Lipinski definition) is 4. The molecule has 25 heavy (non-hydrogen) atoms. The minimum atomic E-state index is 0.135. The van der Waals surface area contributed by atoms with Crippen LogP contribution in [0.15, 0.2) is 18.3 Å². The molecular formula is C20H32N4O. The fourth-order valence-electron chi connectivity index (χ4n) is 4.19. The molecule has 5 nitrogen and oxygen atoms in total. The number of pyridine rings is 1. The maximum absolute atomic E-state index is 12.5. The van der Waals surface area contributed by atoms with E-state index in [0.29, 0.717) is 12.6 Å². The van der Waals surface area contributed by atoms with Gasteiger partial charge in [0.2, 0.25) is 5.91 Å². The Morgan fingerprint density at radius 1 is 1.32 bits per heavy atom. The van der Waals surface area contributed by atoms with Crippen molar-refractivity contribution in [2.75, 3.05) is 31.6 Å². The molecule has 2 fully saturated rings. The second-order valence-corrected chi connectivity index (χ2v) is 7.49. The van der Waals surface area contributed by atoms with Gasteiger partial charge in [0.25, 0.3) is 0 Å². The van der Waals surface area contributed by atoms with Gasteiger partial charge >= 0.3 is 0 Å². The highest BCUT2D eigenvalue weighted by molar-refractivity contribution is 5.79. The van der Waals surface area contributed by atoms with Gasteiger partial charge in [-0.2, -0.15) is 0 Å². The summed E-state index contributed by atoms with van der Waals surface area (Å²) in [6, 6.07) is 4.63. The monoisotopic (exact) mass is 344 g/mol. The van der Waals surface area contributed by atoms with Gasteiger partial charge in [-0.1, -0.05) is 32.3 Å². The number of amides is 1. The van der Waals surface area contributed by atoms with Crippen LogP contribution in [0.1, 0.15) is 51.0 Å². The first-order chi connectivity index (χ1) is 12.2. The molecule has 1 saturated carbocycles. The third-order valence-electron chi connectivity index (χ3n) is 5.87. The predicted molar refractivity (Wildman–Crippen MR) is 102 cm³/mol. The summed E-state index contributed by atoms with van der Waals surface area (Å²) in [7, 11) is 2.15. The van der Waals surface area contributed by atoms with Crippen LogP contribution in [-0.4, -0.2) is 48.5 Å². The Bertz CT molecular complexity index is 571. The summed E-state index contributed by atoms with van der Waals surface area (Å²) in [5.41, 5.74) is 1.12. The minimum absolute atomic E-state index is 0.135. The SMILES string of the molecule is CCN1CCC(C(=O)NCc2cccnc2N(C)C2CCCCC2)C1. The van der Waals surface area contributed by atoms with Gasteiger partial charge in [-0.15, -0.1) is 0 Å². The van der Waals surface area contributed by atoms with Crippen molar-refractivity contribution in [2.24, 2.45) is 5.92 Å². The number of rotatable bonds is 6. The second-order valence-electron chi connectivity index (χ2n) is 7.49. The number of likely N-dealkylation sites (tertiary alicyclic amines) is 1. The van der Waals surface area contributed by atoms with E-state index in [1.165, 1.54) is 32.1 Å². The Morgan fingerprint density at radius 3 is 2.84 bits per heavy atom. The zero-order valence-corrected chi connectivity index (χ0v) is 15.7. The first-order valence-electron chi connectivity index (χ1n) is 9.85. The Kier molecular flexibility index (Phi) is 6.29. The zero-order chi connectivity index (χ0) is 17.6. The van der Waals surface area contributed by atoms with Gasteiger partial charge in [0, 0.05) is 37.9 Å². The van der Waals surface area contributed by atoms with E-state index in [9.17, 15) is 4.79 Å². The Morgan fingerprint density at radius 2 is 2.12 bits per heavy atom. The number of anilines is 1. The number of nitrogens with zero attached hydrogens (tertiary/aromatic N) is 3. The lowest BCUT2D eigenvalue weighted by Crippen LogP contribution is -2.36. The average Bonchev–Trinajstić information content (AvgIpc) is 3.16. The van der Waals surface area contributed by atoms with E-state index >= 15 is 0 Å². The van der Waals surface area contributed by atoms with Crippen LogP contribution in [0, 0.1) is 5.92 Å². The molecule has 3 rings (SSSR count). The van der Waals surface area contributed by atoms with Crippen molar-refractivity contribution in [2.45, 2.75) is 58.0 Å². The number of aromatic nitrogens is 1. The number of carbonyl (C=O) groups excluding carboxylic acids is 1. The molecular weight excluding hydrogens is 312 g/mol. The summed E-state index contributed by atoms with van der Waals surface area (Å²) in [6.45, 7) is 5.69. The lowest BCUT2D eigenvalue weighted by atomic mass is 9.94. The molecule has 0 spiro atoms. The van der Waals surface area contributed by atoms with E-state index in [1.54, 1.807) is 0 Å². The number of nitrogens with one attached hydrogen (secondary N) is 1. The Labute approximate surface area is 151 Å². The van der Waals surface area contributed by atoms with Gasteiger partial charge in [-0.3, -0.25) is 4.79 Å². The highest BCUT2D eigenvalue weighted by atomic mass is 16.1. The van der Waals surface area contributed by atoms with Crippen LogP contribution in [0.4, 0.5) is 5.82 Å².